The van der Waals surface area contributed by atoms with Gasteiger partial charge in [0.2, 0.25) is 0 Å². The van der Waals surface area contributed by atoms with Crippen LogP contribution in [0.4, 0.5) is 4.79 Å². The second-order valence-corrected chi connectivity index (χ2v) is 6.62. The molecule has 2 aromatic carbocycles. The Morgan fingerprint density at radius 3 is 2.14 bits per heavy atom. The molecule has 8 nitrogen and oxygen atoms in total. The van der Waals surface area contributed by atoms with Crippen molar-refractivity contribution in [1.82, 2.24) is 30.4 Å². The molecule has 142 valence electrons. The van der Waals surface area contributed by atoms with Crippen LogP contribution in [0.25, 0.3) is 0 Å². The zero-order valence-corrected chi connectivity index (χ0v) is 15.4. The first-order valence-electron chi connectivity index (χ1n) is 9.17. The zero-order chi connectivity index (χ0) is 19.6. The fraction of sp³-hybridized carbons (Fsp3) is 0.250. The molecular weight excluding hydrogens is 356 g/mol. The Kier molecular flexibility index (Phi) is 4.60. The Bertz CT molecular complexity index is 947. The molecule has 0 saturated carbocycles. The topological polar surface area (TPSA) is 93.0 Å². The van der Waals surface area contributed by atoms with Crippen LogP contribution in [0.5, 0.6) is 0 Å². The molecule has 28 heavy (non-hydrogen) atoms. The van der Waals surface area contributed by atoms with Gasteiger partial charge in [-0.25, -0.2) is 9.48 Å². The van der Waals surface area contributed by atoms with E-state index in [0.29, 0.717) is 23.5 Å². The summed E-state index contributed by atoms with van der Waals surface area (Å²) in [5.41, 5.74) is 0.133. The van der Waals surface area contributed by atoms with Crippen LogP contribution in [-0.2, 0) is 23.4 Å². The van der Waals surface area contributed by atoms with Crippen LogP contribution in [0.2, 0.25) is 0 Å². The molecule has 2 heterocycles. The summed E-state index contributed by atoms with van der Waals surface area (Å²) in [6.07, 6.45) is 0.843. The summed E-state index contributed by atoms with van der Waals surface area (Å²) in [6, 6.07) is 18.1. The molecule has 0 atom stereocenters. The Labute approximate surface area is 162 Å². The van der Waals surface area contributed by atoms with Crippen molar-refractivity contribution in [1.29, 1.82) is 0 Å². The maximum absolute atomic E-state index is 13.6. The zero-order valence-electron chi connectivity index (χ0n) is 15.4. The van der Waals surface area contributed by atoms with E-state index >= 15 is 0 Å². The van der Waals surface area contributed by atoms with Crippen molar-refractivity contribution in [3.8, 4) is 0 Å². The number of benzene rings is 2. The van der Waals surface area contributed by atoms with Crippen molar-refractivity contribution in [2.45, 2.75) is 32.0 Å². The first kappa shape index (κ1) is 17.8. The highest BCUT2D eigenvalue weighted by molar-refractivity contribution is 6.09. The van der Waals surface area contributed by atoms with Crippen LogP contribution < -0.4 is 5.32 Å². The molecule has 4 rings (SSSR count). The molecule has 1 aliphatic rings. The highest BCUT2D eigenvalue weighted by atomic mass is 16.2. The van der Waals surface area contributed by atoms with Gasteiger partial charge in [0, 0.05) is 6.54 Å². The van der Waals surface area contributed by atoms with E-state index in [9.17, 15) is 9.59 Å². The van der Waals surface area contributed by atoms with Gasteiger partial charge in [-0.15, -0.1) is 5.10 Å². The summed E-state index contributed by atoms with van der Waals surface area (Å²) >= 11 is 0. The lowest BCUT2D eigenvalue weighted by Crippen LogP contribution is -2.45. The minimum absolute atomic E-state index is 0.0130. The molecule has 1 aliphatic heterocycles. The standard InChI is InChI=1S/C20H20N6O2/c1-2-13-26-17(22-23-24-26)14-25-18(27)20(21-19(25)28,15-9-5-3-6-10-15)16-11-7-4-8-12-16/h3-12H,2,13-14H2,1H3,(H,21,28). The van der Waals surface area contributed by atoms with Gasteiger partial charge in [0.1, 0.15) is 0 Å². The van der Waals surface area contributed by atoms with E-state index in [1.807, 2.05) is 67.6 Å². The number of nitrogens with zero attached hydrogens (tertiary/aromatic N) is 5. The molecule has 0 radical (unpaired) electrons. The summed E-state index contributed by atoms with van der Waals surface area (Å²) in [5.74, 6) is 0.128. The number of amides is 3. The number of aromatic nitrogens is 4. The summed E-state index contributed by atoms with van der Waals surface area (Å²) in [4.78, 5) is 27.6. The van der Waals surface area contributed by atoms with Gasteiger partial charge in [0.05, 0.1) is 6.54 Å². The fourth-order valence-corrected chi connectivity index (χ4v) is 3.52. The van der Waals surface area contributed by atoms with E-state index in [0.717, 1.165) is 6.42 Å². The molecule has 8 heteroatoms. The second kappa shape index (κ2) is 7.22. The number of carbonyl (C=O) groups is 2. The van der Waals surface area contributed by atoms with Crippen molar-refractivity contribution in [2.75, 3.05) is 0 Å². The van der Waals surface area contributed by atoms with Crippen LogP contribution in [0, 0.1) is 0 Å². The molecule has 0 aliphatic carbocycles. The number of carbonyl (C=O) groups excluding carboxylic acids is 2. The van der Waals surface area contributed by atoms with Crippen molar-refractivity contribution in [3.63, 3.8) is 0 Å². The molecule has 1 fully saturated rings. The minimum atomic E-state index is -1.28. The normalized spacial score (nSPS) is 15.7. The Morgan fingerprint density at radius 1 is 0.964 bits per heavy atom. The number of hydrogen-bond donors (Lipinski definition) is 1. The van der Waals surface area contributed by atoms with Gasteiger partial charge < -0.3 is 5.32 Å². The van der Waals surface area contributed by atoms with E-state index in [4.69, 9.17) is 0 Å². The summed E-state index contributed by atoms with van der Waals surface area (Å²) in [6.45, 7) is 2.64. The van der Waals surface area contributed by atoms with Gasteiger partial charge in [-0.1, -0.05) is 67.6 Å². The third-order valence-corrected chi connectivity index (χ3v) is 4.86. The molecule has 0 spiro atoms. The molecule has 1 aromatic heterocycles. The SMILES string of the molecule is CCCn1nnnc1CN1C(=O)NC(c2ccccc2)(c2ccccc2)C1=O. The molecule has 3 amide bonds. The maximum Gasteiger partial charge on any atom is 0.325 e. The first-order valence-corrected chi connectivity index (χ1v) is 9.17. The number of nitrogens with one attached hydrogen (secondary N) is 1. The van der Waals surface area contributed by atoms with Crippen LogP contribution in [0.15, 0.2) is 60.7 Å². The number of tetrazole rings is 1. The molecule has 0 unspecified atom stereocenters. The predicted octanol–water partition coefficient (Wildman–Crippen LogP) is 2.08. The van der Waals surface area contributed by atoms with Gasteiger partial charge in [-0.2, -0.15) is 0 Å². The van der Waals surface area contributed by atoms with E-state index in [-0.39, 0.29) is 12.5 Å². The van der Waals surface area contributed by atoms with Crippen LogP contribution in [-0.4, -0.2) is 37.0 Å². The second-order valence-electron chi connectivity index (χ2n) is 6.62. The fourth-order valence-electron chi connectivity index (χ4n) is 3.52. The average molecular weight is 376 g/mol. The molecule has 0 bridgehead atoms. The maximum atomic E-state index is 13.6. The van der Waals surface area contributed by atoms with Gasteiger partial charge >= 0.3 is 6.03 Å². The monoisotopic (exact) mass is 376 g/mol. The highest BCUT2D eigenvalue weighted by Gasteiger charge is 2.53. The minimum Gasteiger partial charge on any atom is -0.315 e. The van der Waals surface area contributed by atoms with Crippen molar-refractivity contribution in [3.05, 3.63) is 77.6 Å². The number of aryl methyl sites for hydroxylation is 1. The lowest BCUT2D eigenvalue weighted by atomic mass is 9.82. The third kappa shape index (κ3) is 2.83. The Balaban J connectivity index is 1.76. The van der Waals surface area contributed by atoms with E-state index in [1.165, 1.54) is 4.90 Å². The average Bonchev–Trinajstić information content (AvgIpc) is 3.27. The van der Waals surface area contributed by atoms with Crippen LogP contribution in [0.3, 0.4) is 0 Å². The molecule has 1 saturated heterocycles. The lowest BCUT2D eigenvalue weighted by molar-refractivity contribution is -0.130. The first-order chi connectivity index (χ1) is 13.7. The largest absolute Gasteiger partial charge is 0.325 e. The van der Waals surface area contributed by atoms with Crippen molar-refractivity contribution in [2.24, 2.45) is 0 Å². The summed E-state index contributed by atoms with van der Waals surface area (Å²) in [7, 11) is 0. The number of hydrogen-bond acceptors (Lipinski definition) is 5. The molecule has 3 aromatic rings. The number of imide groups is 1. The number of urea groups is 1. The van der Waals surface area contributed by atoms with E-state index < -0.39 is 11.6 Å². The van der Waals surface area contributed by atoms with Gasteiger partial charge in [-0.3, -0.25) is 9.69 Å². The highest BCUT2D eigenvalue weighted by Crippen LogP contribution is 2.36. The van der Waals surface area contributed by atoms with E-state index in [1.54, 1.807) is 4.68 Å². The van der Waals surface area contributed by atoms with Gasteiger partial charge in [0.15, 0.2) is 11.4 Å². The third-order valence-electron chi connectivity index (χ3n) is 4.86. The summed E-state index contributed by atoms with van der Waals surface area (Å²) in [5, 5.41) is 14.5. The van der Waals surface area contributed by atoms with Gasteiger partial charge in [0.25, 0.3) is 5.91 Å². The van der Waals surface area contributed by atoms with Crippen LogP contribution in [0.1, 0.15) is 30.3 Å². The molecular formula is C20H20N6O2. The quantitative estimate of drug-likeness (QED) is 0.665. The molecule has 1 N–H and O–H groups in total. The van der Waals surface area contributed by atoms with E-state index in [2.05, 4.69) is 20.8 Å². The van der Waals surface area contributed by atoms with Crippen molar-refractivity contribution < 1.29 is 9.59 Å². The Hall–Kier alpha value is -3.55. The number of rotatable bonds is 6. The summed E-state index contributed by atoms with van der Waals surface area (Å²) < 4.78 is 1.62. The van der Waals surface area contributed by atoms with Crippen molar-refractivity contribution >= 4 is 11.9 Å². The van der Waals surface area contributed by atoms with Crippen LogP contribution >= 0.6 is 0 Å². The predicted molar refractivity (Wildman–Crippen MR) is 101 cm³/mol. The lowest BCUT2D eigenvalue weighted by Gasteiger charge is -2.28. The van der Waals surface area contributed by atoms with Gasteiger partial charge in [-0.05, 0) is 28.0 Å². The Morgan fingerprint density at radius 2 is 1.57 bits per heavy atom. The smallest absolute Gasteiger partial charge is 0.315 e.